The van der Waals surface area contributed by atoms with Crippen LogP contribution >= 0.6 is 0 Å². The Kier molecular flexibility index (Phi) is 4.42. The van der Waals surface area contributed by atoms with Gasteiger partial charge in [-0.2, -0.15) is 9.40 Å². The van der Waals surface area contributed by atoms with Crippen molar-refractivity contribution in [3.63, 3.8) is 0 Å². The van der Waals surface area contributed by atoms with Crippen LogP contribution in [0.3, 0.4) is 0 Å². The Morgan fingerprint density at radius 3 is 2.88 bits per heavy atom. The van der Waals surface area contributed by atoms with E-state index >= 15 is 0 Å². The number of nitrogens with zero attached hydrogens (tertiary/aromatic N) is 2. The molecule has 0 spiro atoms. The molecule has 0 aliphatic carbocycles. The molecule has 0 saturated heterocycles. The number of aliphatic hydroxyl groups excluding tert-OH is 1. The van der Waals surface area contributed by atoms with Crippen LogP contribution in [0.25, 0.3) is 0 Å². The first-order valence-corrected chi connectivity index (χ1v) is 6.06. The minimum absolute atomic E-state index is 0.0754. The number of sulfonamides is 1. The number of rotatable bonds is 6. The molecule has 1 rings (SSSR count). The lowest BCUT2D eigenvalue weighted by molar-refractivity contribution is 0.185. The number of H-pyrrole nitrogens is 1. The first-order valence-electron chi connectivity index (χ1n) is 4.62. The molecular weight excluding hydrogens is 234 g/mol. The molecule has 0 amide bonds. The quantitative estimate of drug-likeness (QED) is 0.686. The highest BCUT2D eigenvalue weighted by Crippen LogP contribution is 2.15. The summed E-state index contributed by atoms with van der Waals surface area (Å²) in [6, 6.07) is 0. The van der Waals surface area contributed by atoms with Crippen molar-refractivity contribution in [3.8, 4) is 0 Å². The Morgan fingerprint density at radius 1 is 1.62 bits per heavy atom. The van der Waals surface area contributed by atoms with E-state index in [1.165, 1.54) is 20.4 Å². The zero-order valence-corrected chi connectivity index (χ0v) is 9.99. The number of likely N-dealkylation sites (N-methyl/N-ethyl adjacent to an activating group) is 1. The largest absolute Gasteiger partial charge is 0.392 e. The molecule has 0 fully saturated rings. The Hall–Kier alpha value is -0.960. The van der Waals surface area contributed by atoms with Gasteiger partial charge in [-0.3, -0.25) is 5.10 Å². The summed E-state index contributed by atoms with van der Waals surface area (Å²) in [4.78, 5) is 0. The molecule has 92 valence electrons. The molecule has 1 heterocycles. The van der Waals surface area contributed by atoms with Crippen LogP contribution in [0.15, 0.2) is 11.2 Å². The summed E-state index contributed by atoms with van der Waals surface area (Å²) in [7, 11) is -0.699. The molecule has 0 aliphatic rings. The molecule has 7 nitrogen and oxygen atoms in total. The van der Waals surface area contributed by atoms with Crippen molar-refractivity contribution in [2.45, 2.75) is 11.6 Å². The molecule has 0 radical (unpaired) electrons. The van der Waals surface area contributed by atoms with Gasteiger partial charge >= 0.3 is 0 Å². The lowest BCUT2D eigenvalue weighted by Crippen LogP contribution is -2.31. The Labute approximate surface area is 94.1 Å². The lowest BCUT2D eigenvalue weighted by Gasteiger charge is -2.15. The number of aromatic nitrogens is 2. The van der Waals surface area contributed by atoms with Gasteiger partial charge < -0.3 is 9.84 Å². The maximum absolute atomic E-state index is 12.0. The van der Waals surface area contributed by atoms with Crippen molar-refractivity contribution in [1.82, 2.24) is 14.5 Å². The predicted molar refractivity (Wildman–Crippen MR) is 56.2 cm³/mol. The molecule has 1 aromatic heterocycles. The standard InChI is InChI=1S/C8H15N3O4S/c1-11(3-4-15-2)16(13,14)8-7(6-12)5-9-10-8/h5,12H,3-4,6H2,1-2H3,(H,9,10). The fourth-order valence-corrected chi connectivity index (χ4v) is 2.37. The van der Waals surface area contributed by atoms with Crippen molar-refractivity contribution < 1.29 is 18.3 Å². The van der Waals surface area contributed by atoms with Crippen molar-refractivity contribution >= 4 is 10.0 Å². The van der Waals surface area contributed by atoms with Gasteiger partial charge in [0.25, 0.3) is 10.0 Å². The van der Waals surface area contributed by atoms with Crippen molar-refractivity contribution in [3.05, 3.63) is 11.8 Å². The topological polar surface area (TPSA) is 95.5 Å². The van der Waals surface area contributed by atoms with E-state index in [0.717, 1.165) is 4.31 Å². The molecule has 0 saturated carbocycles. The van der Waals surface area contributed by atoms with Gasteiger partial charge in [-0.25, -0.2) is 8.42 Å². The summed E-state index contributed by atoms with van der Waals surface area (Å²) in [6.07, 6.45) is 1.29. The first kappa shape index (κ1) is 13.1. The van der Waals surface area contributed by atoms with Crippen LogP contribution in [0.4, 0.5) is 0 Å². The second kappa shape index (κ2) is 5.39. The number of hydrogen-bond acceptors (Lipinski definition) is 5. The highest BCUT2D eigenvalue weighted by molar-refractivity contribution is 7.89. The van der Waals surface area contributed by atoms with E-state index in [1.807, 2.05) is 0 Å². The fourth-order valence-electron chi connectivity index (χ4n) is 1.13. The summed E-state index contributed by atoms with van der Waals surface area (Å²) in [6.45, 7) is 0.171. The number of nitrogens with one attached hydrogen (secondary N) is 1. The van der Waals surface area contributed by atoms with Crippen LogP contribution in [0, 0.1) is 0 Å². The van der Waals surface area contributed by atoms with E-state index in [2.05, 4.69) is 10.2 Å². The molecule has 0 bridgehead atoms. The van der Waals surface area contributed by atoms with Crippen LogP contribution in [0.2, 0.25) is 0 Å². The normalized spacial score (nSPS) is 12.2. The maximum atomic E-state index is 12.0. The molecule has 2 N–H and O–H groups in total. The summed E-state index contributed by atoms with van der Waals surface area (Å²) in [5.74, 6) is 0. The van der Waals surface area contributed by atoms with E-state index < -0.39 is 10.0 Å². The molecule has 8 heteroatoms. The van der Waals surface area contributed by atoms with Gasteiger partial charge in [0.15, 0.2) is 5.03 Å². The minimum Gasteiger partial charge on any atom is -0.392 e. The van der Waals surface area contributed by atoms with E-state index in [4.69, 9.17) is 9.84 Å². The van der Waals surface area contributed by atoms with Crippen LogP contribution in [-0.2, 0) is 21.4 Å². The first-order chi connectivity index (χ1) is 7.54. The van der Waals surface area contributed by atoms with Gasteiger partial charge in [0.05, 0.1) is 19.4 Å². The minimum atomic E-state index is -3.64. The second-order valence-electron chi connectivity index (χ2n) is 3.20. The Morgan fingerprint density at radius 2 is 2.31 bits per heavy atom. The monoisotopic (exact) mass is 249 g/mol. The smallest absolute Gasteiger partial charge is 0.260 e. The zero-order chi connectivity index (χ0) is 12.2. The van der Waals surface area contributed by atoms with Gasteiger partial charge in [-0.1, -0.05) is 0 Å². The van der Waals surface area contributed by atoms with Crippen LogP contribution < -0.4 is 0 Å². The molecule has 0 aromatic carbocycles. The van der Waals surface area contributed by atoms with Crippen molar-refractivity contribution in [2.75, 3.05) is 27.3 Å². The van der Waals surface area contributed by atoms with Gasteiger partial charge in [-0.05, 0) is 0 Å². The molecule has 0 atom stereocenters. The molecular formula is C8H15N3O4S. The number of aromatic amines is 1. The second-order valence-corrected chi connectivity index (χ2v) is 5.18. The average molecular weight is 249 g/mol. The number of methoxy groups -OCH3 is 1. The SMILES string of the molecule is COCCN(C)S(=O)(=O)c1[nH]ncc1CO. The van der Waals surface area contributed by atoms with Gasteiger partial charge in [0.2, 0.25) is 0 Å². The Bertz CT molecular complexity index is 428. The predicted octanol–water partition coefficient (Wildman–Crippen LogP) is -0.831. The van der Waals surface area contributed by atoms with Gasteiger partial charge in [-0.15, -0.1) is 0 Å². The highest BCUT2D eigenvalue weighted by atomic mass is 32.2. The van der Waals surface area contributed by atoms with Crippen molar-refractivity contribution in [1.29, 1.82) is 0 Å². The van der Waals surface area contributed by atoms with E-state index in [-0.39, 0.29) is 23.7 Å². The summed E-state index contributed by atoms with van der Waals surface area (Å²) < 4.78 is 29.9. The Balaban J connectivity index is 2.93. The van der Waals surface area contributed by atoms with Crippen LogP contribution in [-0.4, -0.2) is 55.3 Å². The fraction of sp³-hybridized carbons (Fsp3) is 0.625. The van der Waals surface area contributed by atoms with E-state index in [0.29, 0.717) is 6.61 Å². The number of aliphatic hydroxyl groups is 1. The van der Waals surface area contributed by atoms with Gasteiger partial charge in [0, 0.05) is 26.3 Å². The molecule has 1 aromatic rings. The molecule has 0 aliphatic heterocycles. The summed E-state index contributed by atoms with van der Waals surface area (Å²) >= 11 is 0. The van der Waals surface area contributed by atoms with E-state index in [9.17, 15) is 8.42 Å². The molecule has 16 heavy (non-hydrogen) atoms. The average Bonchev–Trinajstić information content (AvgIpc) is 2.74. The lowest BCUT2D eigenvalue weighted by atomic mass is 10.4. The maximum Gasteiger partial charge on any atom is 0.260 e. The van der Waals surface area contributed by atoms with Crippen LogP contribution in [0.5, 0.6) is 0 Å². The third-order valence-electron chi connectivity index (χ3n) is 2.13. The third-order valence-corrected chi connectivity index (χ3v) is 4.00. The molecule has 0 unspecified atom stereocenters. The number of hydrogen-bond donors (Lipinski definition) is 2. The summed E-state index contributed by atoms with van der Waals surface area (Å²) in [5.41, 5.74) is 0.254. The van der Waals surface area contributed by atoms with E-state index in [1.54, 1.807) is 0 Å². The third kappa shape index (κ3) is 2.59. The summed E-state index contributed by atoms with van der Waals surface area (Å²) in [5, 5.41) is 14.9. The van der Waals surface area contributed by atoms with Crippen molar-refractivity contribution in [2.24, 2.45) is 0 Å². The number of ether oxygens (including phenoxy) is 1. The van der Waals surface area contributed by atoms with Crippen LogP contribution in [0.1, 0.15) is 5.56 Å². The highest BCUT2D eigenvalue weighted by Gasteiger charge is 2.25. The van der Waals surface area contributed by atoms with Gasteiger partial charge in [0.1, 0.15) is 0 Å². The zero-order valence-electron chi connectivity index (χ0n) is 9.17.